The minimum absolute atomic E-state index is 0.0840. The molecule has 0 radical (unpaired) electrons. The number of carboxylic acid groups (broad SMARTS) is 1. The van der Waals surface area contributed by atoms with E-state index in [4.69, 9.17) is 9.84 Å². The summed E-state index contributed by atoms with van der Waals surface area (Å²) in [6.07, 6.45) is 7.59. The van der Waals surface area contributed by atoms with Gasteiger partial charge in [-0.3, -0.25) is 4.79 Å². The van der Waals surface area contributed by atoms with Crippen LogP contribution in [-0.4, -0.2) is 34.2 Å². The first-order chi connectivity index (χ1) is 10.6. The number of ether oxygens (including phenoxy) is 1. The fourth-order valence-corrected chi connectivity index (χ4v) is 2.55. The number of carbonyl (C=O) groups excluding carboxylic acids is 1. The SMILES string of the molecule is CC(OC1CCCCCC1)C(=O)Nc1ccc(C(=O)O)cn1. The third-order valence-electron chi connectivity index (χ3n) is 3.83. The van der Waals surface area contributed by atoms with Crippen LogP contribution in [0.5, 0.6) is 0 Å². The Bertz CT molecular complexity index is 507. The van der Waals surface area contributed by atoms with Crippen LogP contribution in [0.15, 0.2) is 18.3 Å². The van der Waals surface area contributed by atoms with Crippen LogP contribution in [0.3, 0.4) is 0 Å². The predicted molar refractivity (Wildman–Crippen MR) is 81.9 cm³/mol. The third-order valence-corrected chi connectivity index (χ3v) is 3.83. The molecule has 1 aliphatic rings. The maximum atomic E-state index is 12.1. The standard InChI is InChI=1S/C16H22N2O4/c1-11(22-13-6-4-2-3-5-7-13)15(19)18-14-9-8-12(10-17-14)16(20)21/h8-11,13H,2-7H2,1H3,(H,20,21)(H,17,18,19). The molecule has 1 unspecified atom stereocenters. The highest BCUT2D eigenvalue weighted by atomic mass is 16.5. The molecule has 1 amide bonds. The lowest BCUT2D eigenvalue weighted by Crippen LogP contribution is -2.31. The van der Waals surface area contributed by atoms with Crippen LogP contribution < -0.4 is 5.32 Å². The largest absolute Gasteiger partial charge is 0.478 e. The molecule has 0 bridgehead atoms. The zero-order chi connectivity index (χ0) is 15.9. The molecular weight excluding hydrogens is 284 g/mol. The van der Waals surface area contributed by atoms with Crippen molar-refractivity contribution in [1.82, 2.24) is 4.98 Å². The summed E-state index contributed by atoms with van der Waals surface area (Å²) in [7, 11) is 0. The quantitative estimate of drug-likeness (QED) is 0.817. The van der Waals surface area contributed by atoms with Crippen molar-refractivity contribution in [1.29, 1.82) is 0 Å². The van der Waals surface area contributed by atoms with Gasteiger partial charge >= 0.3 is 5.97 Å². The summed E-state index contributed by atoms with van der Waals surface area (Å²) in [4.78, 5) is 26.8. The van der Waals surface area contributed by atoms with E-state index in [9.17, 15) is 9.59 Å². The van der Waals surface area contributed by atoms with E-state index in [0.717, 1.165) is 25.7 Å². The first kappa shape index (κ1) is 16.4. The highest BCUT2D eigenvalue weighted by Gasteiger charge is 2.20. The first-order valence-corrected chi connectivity index (χ1v) is 7.72. The molecule has 0 aliphatic heterocycles. The Labute approximate surface area is 129 Å². The van der Waals surface area contributed by atoms with Crippen LogP contribution in [0.2, 0.25) is 0 Å². The Hall–Kier alpha value is -1.95. The first-order valence-electron chi connectivity index (χ1n) is 7.72. The number of carbonyl (C=O) groups is 2. The molecule has 1 aromatic heterocycles. The minimum Gasteiger partial charge on any atom is -0.478 e. The molecule has 0 spiro atoms. The monoisotopic (exact) mass is 306 g/mol. The van der Waals surface area contributed by atoms with E-state index in [1.54, 1.807) is 6.92 Å². The van der Waals surface area contributed by atoms with Gasteiger partial charge in [0, 0.05) is 6.20 Å². The molecule has 6 nitrogen and oxygen atoms in total. The van der Waals surface area contributed by atoms with Crippen LogP contribution in [0, 0.1) is 0 Å². The number of aromatic carboxylic acids is 1. The van der Waals surface area contributed by atoms with E-state index < -0.39 is 12.1 Å². The summed E-state index contributed by atoms with van der Waals surface area (Å²) >= 11 is 0. The fourth-order valence-electron chi connectivity index (χ4n) is 2.55. The number of pyridine rings is 1. The lowest BCUT2D eigenvalue weighted by molar-refractivity contribution is -0.130. The summed E-state index contributed by atoms with van der Waals surface area (Å²) in [5.74, 6) is -0.985. The second kappa shape index (κ2) is 7.89. The zero-order valence-electron chi connectivity index (χ0n) is 12.7. The number of nitrogens with zero attached hydrogens (tertiary/aromatic N) is 1. The maximum Gasteiger partial charge on any atom is 0.337 e. The summed E-state index contributed by atoms with van der Waals surface area (Å²) in [6, 6.07) is 2.88. The Morgan fingerprint density at radius 1 is 1.27 bits per heavy atom. The summed E-state index contributed by atoms with van der Waals surface area (Å²) in [5, 5.41) is 11.4. The van der Waals surface area contributed by atoms with Gasteiger partial charge in [-0.15, -0.1) is 0 Å². The van der Waals surface area contributed by atoms with Crippen LogP contribution in [0.4, 0.5) is 5.82 Å². The van der Waals surface area contributed by atoms with E-state index >= 15 is 0 Å². The minimum atomic E-state index is -1.05. The van der Waals surface area contributed by atoms with Crippen molar-refractivity contribution in [3.8, 4) is 0 Å². The normalized spacial score (nSPS) is 17.5. The van der Waals surface area contributed by atoms with E-state index in [0.29, 0.717) is 5.82 Å². The van der Waals surface area contributed by atoms with Crippen LogP contribution >= 0.6 is 0 Å². The van der Waals surface area contributed by atoms with E-state index in [1.807, 2.05) is 0 Å². The second-order valence-corrected chi connectivity index (χ2v) is 5.62. The number of hydrogen-bond acceptors (Lipinski definition) is 4. The van der Waals surface area contributed by atoms with Gasteiger partial charge in [0.05, 0.1) is 11.7 Å². The summed E-state index contributed by atoms with van der Waals surface area (Å²) in [5.41, 5.74) is 0.0840. The van der Waals surface area contributed by atoms with Crippen molar-refractivity contribution in [2.75, 3.05) is 5.32 Å². The molecule has 1 aromatic rings. The van der Waals surface area contributed by atoms with Crippen LogP contribution in [-0.2, 0) is 9.53 Å². The molecule has 1 aliphatic carbocycles. The Kier molecular flexibility index (Phi) is 5.89. The predicted octanol–water partition coefficient (Wildman–Crippen LogP) is 2.85. The molecule has 1 fully saturated rings. The molecule has 120 valence electrons. The topological polar surface area (TPSA) is 88.5 Å². The van der Waals surface area contributed by atoms with Gasteiger partial charge in [0.15, 0.2) is 0 Å². The average molecular weight is 306 g/mol. The van der Waals surface area contributed by atoms with Gasteiger partial charge in [-0.05, 0) is 31.9 Å². The molecule has 2 N–H and O–H groups in total. The van der Waals surface area contributed by atoms with Gasteiger partial charge in [0.1, 0.15) is 11.9 Å². The number of rotatable bonds is 5. The highest BCUT2D eigenvalue weighted by molar-refractivity contribution is 5.93. The molecule has 0 saturated heterocycles. The fraction of sp³-hybridized carbons (Fsp3) is 0.562. The lowest BCUT2D eigenvalue weighted by atomic mass is 10.1. The van der Waals surface area contributed by atoms with Crippen molar-refractivity contribution in [3.63, 3.8) is 0 Å². The van der Waals surface area contributed by atoms with E-state index in [2.05, 4.69) is 10.3 Å². The molecule has 0 aromatic carbocycles. The lowest BCUT2D eigenvalue weighted by Gasteiger charge is -2.20. The van der Waals surface area contributed by atoms with Gasteiger partial charge in [-0.1, -0.05) is 25.7 Å². The number of amides is 1. The Balaban J connectivity index is 1.86. The zero-order valence-corrected chi connectivity index (χ0v) is 12.7. The molecule has 1 atom stereocenters. The number of aromatic nitrogens is 1. The summed E-state index contributed by atoms with van der Waals surface area (Å²) < 4.78 is 5.83. The Morgan fingerprint density at radius 2 is 1.95 bits per heavy atom. The average Bonchev–Trinajstić information content (AvgIpc) is 2.76. The van der Waals surface area contributed by atoms with Crippen LogP contribution in [0.25, 0.3) is 0 Å². The molecule has 6 heteroatoms. The van der Waals surface area contributed by atoms with Crippen molar-refractivity contribution in [2.24, 2.45) is 0 Å². The number of anilines is 1. The van der Waals surface area contributed by atoms with E-state index in [1.165, 1.54) is 31.2 Å². The van der Waals surface area contributed by atoms with Crippen LogP contribution in [0.1, 0.15) is 55.8 Å². The van der Waals surface area contributed by atoms with Crippen molar-refractivity contribution >= 4 is 17.7 Å². The van der Waals surface area contributed by atoms with Gasteiger partial charge < -0.3 is 15.2 Å². The molecule has 22 heavy (non-hydrogen) atoms. The summed E-state index contributed by atoms with van der Waals surface area (Å²) in [6.45, 7) is 1.73. The number of carboxylic acids is 1. The molecular formula is C16H22N2O4. The van der Waals surface area contributed by atoms with E-state index in [-0.39, 0.29) is 17.6 Å². The molecule has 1 heterocycles. The highest BCUT2D eigenvalue weighted by Crippen LogP contribution is 2.21. The van der Waals surface area contributed by atoms with Crippen molar-refractivity contribution in [3.05, 3.63) is 23.9 Å². The molecule has 2 rings (SSSR count). The van der Waals surface area contributed by atoms with Crippen molar-refractivity contribution in [2.45, 2.75) is 57.7 Å². The number of nitrogens with one attached hydrogen (secondary N) is 1. The van der Waals surface area contributed by atoms with Gasteiger partial charge in [-0.2, -0.15) is 0 Å². The smallest absolute Gasteiger partial charge is 0.337 e. The third kappa shape index (κ3) is 4.80. The Morgan fingerprint density at radius 3 is 2.50 bits per heavy atom. The number of hydrogen-bond donors (Lipinski definition) is 2. The molecule has 1 saturated carbocycles. The maximum absolute atomic E-state index is 12.1. The van der Waals surface area contributed by atoms with Gasteiger partial charge in [0.25, 0.3) is 5.91 Å². The second-order valence-electron chi connectivity index (χ2n) is 5.62. The van der Waals surface area contributed by atoms with Gasteiger partial charge in [0.2, 0.25) is 0 Å². The van der Waals surface area contributed by atoms with Gasteiger partial charge in [-0.25, -0.2) is 9.78 Å². The van der Waals surface area contributed by atoms with Crippen molar-refractivity contribution < 1.29 is 19.4 Å².